The number of aryl methyl sites for hydroxylation is 1. The van der Waals surface area contributed by atoms with E-state index in [-0.39, 0.29) is 11.7 Å². The van der Waals surface area contributed by atoms with Gasteiger partial charge in [0.1, 0.15) is 5.82 Å². The second-order valence-corrected chi connectivity index (χ2v) is 4.53. The Morgan fingerprint density at radius 1 is 1.42 bits per heavy atom. The summed E-state index contributed by atoms with van der Waals surface area (Å²) in [6.45, 7) is 4.53. The zero-order valence-corrected chi connectivity index (χ0v) is 11.9. The van der Waals surface area contributed by atoms with Crippen LogP contribution in [-0.4, -0.2) is 66.4 Å². The molecule has 108 valence electrons. The van der Waals surface area contributed by atoms with Crippen LogP contribution in [0.3, 0.4) is 0 Å². The molecule has 19 heavy (non-hydrogen) atoms. The summed E-state index contributed by atoms with van der Waals surface area (Å²) in [5.74, 6) is 0.668. The maximum absolute atomic E-state index is 11.7. The Morgan fingerprint density at radius 3 is 2.89 bits per heavy atom. The second kappa shape index (κ2) is 8.60. The molecule has 0 aliphatic carbocycles. The van der Waals surface area contributed by atoms with E-state index in [1.54, 1.807) is 0 Å². The number of carbonyl (C=O) groups is 1. The second-order valence-electron chi connectivity index (χ2n) is 4.53. The first-order valence-corrected chi connectivity index (χ1v) is 6.55. The molecule has 0 bridgehead atoms. The average molecular weight is 269 g/mol. The number of nitrogens with zero attached hydrogens (tertiary/aromatic N) is 3. The van der Waals surface area contributed by atoms with Gasteiger partial charge in [-0.25, -0.2) is 4.98 Å². The van der Waals surface area contributed by atoms with E-state index >= 15 is 0 Å². The van der Waals surface area contributed by atoms with Crippen molar-refractivity contribution in [3.05, 3.63) is 11.6 Å². The molecule has 0 saturated carbocycles. The predicted molar refractivity (Wildman–Crippen MR) is 72.1 cm³/mol. The van der Waals surface area contributed by atoms with E-state index in [1.165, 1.54) is 0 Å². The number of aromatic nitrogens is 3. The lowest BCUT2D eigenvalue weighted by atomic mass is 10.3. The Morgan fingerprint density at radius 2 is 2.21 bits per heavy atom. The number of aromatic amines is 1. The maximum atomic E-state index is 11.7. The molecule has 1 amide bonds. The first kappa shape index (κ1) is 15.6. The molecule has 0 aromatic carbocycles. The van der Waals surface area contributed by atoms with Crippen LogP contribution in [0, 0.1) is 0 Å². The van der Waals surface area contributed by atoms with Crippen molar-refractivity contribution < 1.29 is 9.53 Å². The molecule has 0 radical (unpaired) electrons. The van der Waals surface area contributed by atoms with E-state index in [4.69, 9.17) is 4.74 Å². The summed E-state index contributed by atoms with van der Waals surface area (Å²) < 4.78 is 5.37. The lowest BCUT2D eigenvalue weighted by molar-refractivity contribution is 0.0891. The van der Waals surface area contributed by atoms with Crippen molar-refractivity contribution in [1.29, 1.82) is 0 Å². The summed E-state index contributed by atoms with van der Waals surface area (Å²) in [5.41, 5.74) is 0. The highest BCUT2D eigenvalue weighted by Crippen LogP contribution is 1.96. The molecule has 0 spiro atoms. The van der Waals surface area contributed by atoms with Crippen molar-refractivity contribution in [1.82, 2.24) is 25.4 Å². The summed E-state index contributed by atoms with van der Waals surface area (Å²) >= 11 is 0. The van der Waals surface area contributed by atoms with Gasteiger partial charge in [0, 0.05) is 19.5 Å². The highest BCUT2D eigenvalue weighted by Gasteiger charge is 2.11. The molecule has 0 aliphatic rings. The largest absolute Gasteiger partial charge is 0.378 e. The highest BCUT2D eigenvalue weighted by molar-refractivity contribution is 5.90. The van der Waals surface area contributed by atoms with Gasteiger partial charge in [0.25, 0.3) is 5.91 Å². The highest BCUT2D eigenvalue weighted by atomic mass is 16.5. The summed E-state index contributed by atoms with van der Waals surface area (Å²) in [4.78, 5) is 17.8. The van der Waals surface area contributed by atoms with Gasteiger partial charge >= 0.3 is 0 Å². The number of likely N-dealkylation sites (N-methyl/N-ethyl adjacent to an activating group) is 1. The van der Waals surface area contributed by atoms with Gasteiger partial charge in [-0.2, -0.15) is 0 Å². The fourth-order valence-electron chi connectivity index (χ4n) is 1.41. The lowest BCUT2D eigenvalue weighted by Crippen LogP contribution is -2.29. The van der Waals surface area contributed by atoms with Crippen molar-refractivity contribution in [2.24, 2.45) is 0 Å². The maximum Gasteiger partial charge on any atom is 0.291 e. The van der Waals surface area contributed by atoms with Crippen LogP contribution in [0.15, 0.2) is 0 Å². The van der Waals surface area contributed by atoms with E-state index in [1.807, 2.05) is 25.9 Å². The Kier molecular flexibility index (Phi) is 7.06. The Balaban J connectivity index is 2.16. The van der Waals surface area contributed by atoms with Crippen molar-refractivity contribution in [2.45, 2.75) is 19.8 Å². The summed E-state index contributed by atoms with van der Waals surface area (Å²) in [6.07, 6.45) is 1.77. The van der Waals surface area contributed by atoms with Crippen LogP contribution in [-0.2, 0) is 11.2 Å². The third-order valence-corrected chi connectivity index (χ3v) is 2.44. The molecule has 0 aliphatic heterocycles. The van der Waals surface area contributed by atoms with E-state index in [0.717, 1.165) is 25.2 Å². The topological polar surface area (TPSA) is 83.1 Å². The number of rotatable bonds is 9. The van der Waals surface area contributed by atoms with Crippen molar-refractivity contribution >= 4 is 5.91 Å². The number of carbonyl (C=O) groups excluding carboxylic acids is 1. The van der Waals surface area contributed by atoms with Gasteiger partial charge in [-0.1, -0.05) is 6.92 Å². The predicted octanol–water partition coefficient (Wildman–Crippen LogP) is 0.0652. The van der Waals surface area contributed by atoms with Gasteiger partial charge in [-0.05, 0) is 20.5 Å². The fourth-order valence-corrected chi connectivity index (χ4v) is 1.41. The molecule has 7 nitrogen and oxygen atoms in total. The smallest absolute Gasteiger partial charge is 0.291 e. The monoisotopic (exact) mass is 269 g/mol. The molecule has 1 aromatic rings. The molecule has 2 N–H and O–H groups in total. The van der Waals surface area contributed by atoms with Gasteiger partial charge in [-0.15, -0.1) is 5.10 Å². The normalized spacial score (nSPS) is 10.9. The summed E-state index contributed by atoms with van der Waals surface area (Å²) in [5, 5.41) is 9.35. The molecule has 1 heterocycles. The number of nitrogens with one attached hydrogen (secondary N) is 2. The van der Waals surface area contributed by atoms with E-state index in [2.05, 4.69) is 20.5 Å². The Hall–Kier alpha value is -1.47. The number of hydrogen-bond donors (Lipinski definition) is 2. The molecular formula is C12H23N5O2. The quantitative estimate of drug-likeness (QED) is 0.620. The minimum Gasteiger partial charge on any atom is -0.378 e. The minimum absolute atomic E-state index is 0.191. The van der Waals surface area contributed by atoms with Crippen molar-refractivity contribution in [3.63, 3.8) is 0 Å². The van der Waals surface area contributed by atoms with Crippen LogP contribution in [0.25, 0.3) is 0 Å². The van der Waals surface area contributed by atoms with Crippen molar-refractivity contribution in [3.8, 4) is 0 Å². The van der Waals surface area contributed by atoms with E-state index < -0.39 is 0 Å². The molecular weight excluding hydrogens is 246 g/mol. The van der Waals surface area contributed by atoms with Crippen LogP contribution >= 0.6 is 0 Å². The molecule has 0 atom stereocenters. The van der Waals surface area contributed by atoms with Gasteiger partial charge in [0.05, 0.1) is 13.2 Å². The van der Waals surface area contributed by atoms with Gasteiger partial charge < -0.3 is 15.0 Å². The third kappa shape index (κ3) is 6.30. The molecule has 0 unspecified atom stereocenters. The van der Waals surface area contributed by atoms with Crippen LogP contribution in [0.2, 0.25) is 0 Å². The minimum atomic E-state index is -0.269. The third-order valence-electron chi connectivity index (χ3n) is 2.44. The average Bonchev–Trinajstić information content (AvgIpc) is 2.82. The molecule has 0 fully saturated rings. The van der Waals surface area contributed by atoms with Gasteiger partial charge in [0.15, 0.2) is 0 Å². The van der Waals surface area contributed by atoms with Crippen molar-refractivity contribution in [2.75, 3.05) is 40.4 Å². The molecule has 1 rings (SSSR count). The zero-order chi connectivity index (χ0) is 14.1. The number of hydrogen-bond acceptors (Lipinski definition) is 5. The van der Waals surface area contributed by atoms with Crippen LogP contribution in [0.5, 0.6) is 0 Å². The molecule has 7 heteroatoms. The number of ether oxygens (including phenoxy) is 1. The lowest BCUT2D eigenvalue weighted by Gasteiger charge is -2.09. The fraction of sp³-hybridized carbons (Fsp3) is 0.750. The Labute approximate surface area is 113 Å². The van der Waals surface area contributed by atoms with E-state index in [0.29, 0.717) is 19.8 Å². The Bertz CT molecular complexity index is 378. The number of H-pyrrole nitrogens is 1. The van der Waals surface area contributed by atoms with Crippen LogP contribution in [0.1, 0.15) is 29.8 Å². The van der Waals surface area contributed by atoms with Crippen LogP contribution in [0.4, 0.5) is 0 Å². The van der Waals surface area contributed by atoms with Gasteiger partial charge in [-0.3, -0.25) is 9.89 Å². The molecule has 0 saturated heterocycles. The van der Waals surface area contributed by atoms with E-state index in [9.17, 15) is 4.79 Å². The zero-order valence-electron chi connectivity index (χ0n) is 11.9. The first-order valence-electron chi connectivity index (χ1n) is 6.55. The number of amides is 1. The SMILES string of the molecule is CCCc1nc(C(=O)NCCOCCN(C)C)n[nH]1. The van der Waals surface area contributed by atoms with Gasteiger partial charge in [0.2, 0.25) is 5.82 Å². The van der Waals surface area contributed by atoms with Crippen LogP contribution < -0.4 is 5.32 Å². The first-order chi connectivity index (χ1) is 9.13. The standard InChI is InChI=1S/C12H23N5O2/c1-4-5-10-14-11(16-15-10)12(18)13-6-8-19-9-7-17(2)3/h4-9H2,1-3H3,(H,13,18)(H,14,15,16). The molecule has 1 aromatic heterocycles. The summed E-state index contributed by atoms with van der Waals surface area (Å²) in [6, 6.07) is 0. The summed E-state index contributed by atoms with van der Waals surface area (Å²) in [7, 11) is 3.98.